The van der Waals surface area contributed by atoms with Crippen LogP contribution in [0, 0.1) is 0 Å². The summed E-state index contributed by atoms with van der Waals surface area (Å²) in [7, 11) is -3.99. The lowest BCUT2D eigenvalue weighted by atomic mass is 9.85. The SMILES string of the molecule is CC(C)OC(=O)CC(c1cccc(OS(=O)(=O)c2ccccc2)c1)C(N)Cc1ccccc1. The summed E-state index contributed by atoms with van der Waals surface area (Å²) in [5, 5.41) is 0. The molecule has 0 saturated carbocycles. The Morgan fingerprint density at radius 3 is 2.18 bits per heavy atom. The van der Waals surface area contributed by atoms with Gasteiger partial charge in [0, 0.05) is 12.0 Å². The van der Waals surface area contributed by atoms with Crippen LogP contribution >= 0.6 is 0 Å². The smallest absolute Gasteiger partial charge is 0.339 e. The van der Waals surface area contributed by atoms with Crippen LogP contribution in [0.3, 0.4) is 0 Å². The fourth-order valence-corrected chi connectivity index (χ4v) is 4.54. The summed E-state index contributed by atoms with van der Waals surface area (Å²) in [5.74, 6) is -0.591. The normalized spacial score (nSPS) is 13.3. The summed E-state index contributed by atoms with van der Waals surface area (Å²) in [6.07, 6.45) is 0.378. The highest BCUT2D eigenvalue weighted by molar-refractivity contribution is 7.87. The third kappa shape index (κ3) is 7.17. The second kappa shape index (κ2) is 11.1. The van der Waals surface area contributed by atoms with E-state index in [9.17, 15) is 13.2 Å². The molecule has 0 aliphatic rings. The molecule has 0 saturated heterocycles. The molecule has 0 aromatic heterocycles. The lowest BCUT2D eigenvalue weighted by Crippen LogP contribution is -2.33. The molecule has 0 radical (unpaired) electrons. The van der Waals surface area contributed by atoms with E-state index in [1.165, 1.54) is 12.1 Å². The molecule has 0 fully saturated rings. The molecule has 2 atom stereocenters. The number of benzene rings is 3. The maximum absolute atomic E-state index is 12.6. The van der Waals surface area contributed by atoms with Crippen LogP contribution in [0.4, 0.5) is 0 Å². The van der Waals surface area contributed by atoms with Crippen LogP contribution in [0.5, 0.6) is 5.75 Å². The Balaban J connectivity index is 1.87. The molecular weight excluding hydrogens is 438 g/mol. The third-order valence-corrected chi connectivity index (χ3v) is 6.37. The van der Waals surface area contributed by atoms with Crippen molar-refractivity contribution in [1.29, 1.82) is 0 Å². The first kappa shape index (κ1) is 24.5. The van der Waals surface area contributed by atoms with Gasteiger partial charge in [-0.3, -0.25) is 4.79 Å². The first-order valence-electron chi connectivity index (χ1n) is 10.8. The molecule has 0 bridgehead atoms. The summed E-state index contributed by atoms with van der Waals surface area (Å²) >= 11 is 0. The van der Waals surface area contributed by atoms with Crippen molar-refractivity contribution in [2.45, 2.75) is 49.6 Å². The van der Waals surface area contributed by atoms with E-state index >= 15 is 0 Å². The van der Waals surface area contributed by atoms with E-state index in [0.717, 1.165) is 5.56 Å². The molecule has 0 aliphatic heterocycles. The number of nitrogens with two attached hydrogens (primary N) is 1. The molecule has 7 heteroatoms. The first-order chi connectivity index (χ1) is 15.7. The summed E-state index contributed by atoms with van der Waals surface area (Å²) in [5.41, 5.74) is 8.32. The van der Waals surface area contributed by atoms with Crippen LogP contribution in [-0.2, 0) is 26.1 Å². The number of carbonyl (C=O) groups excluding carboxylic acids is 1. The first-order valence-corrected chi connectivity index (χ1v) is 12.2. The van der Waals surface area contributed by atoms with E-state index in [1.54, 1.807) is 50.2 Å². The van der Waals surface area contributed by atoms with E-state index in [1.807, 2.05) is 36.4 Å². The fourth-order valence-electron chi connectivity index (χ4n) is 3.59. The van der Waals surface area contributed by atoms with Gasteiger partial charge in [0.2, 0.25) is 0 Å². The zero-order chi connectivity index (χ0) is 23.8. The van der Waals surface area contributed by atoms with Gasteiger partial charge in [0.1, 0.15) is 10.6 Å². The number of ether oxygens (including phenoxy) is 1. The quantitative estimate of drug-likeness (QED) is 0.350. The van der Waals surface area contributed by atoms with Crippen molar-refractivity contribution >= 4 is 16.1 Å². The van der Waals surface area contributed by atoms with Crippen LogP contribution in [0.2, 0.25) is 0 Å². The molecule has 174 valence electrons. The summed E-state index contributed by atoms with van der Waals surface area (Å²) < 4.78 is 36.0. The minimum atomic E-state index is -3.99. The van der Waals surface area contributed by atoms with Gasteiger partial charge in [-0.1, -0.05) is 60.7 Å². The lowest BCUT2D eigenvalue weighted by Gasteiger charge is -2.25. The Morgan fingerprint density at radius 2 is 1.55 bits per heavy atom. The van der Waals surface area contributed by atoms with Crippen molar-refractivity contribution in [2.75, 3.05) is 0 Å². The predicted octanol–water partition coefficient (Wildman–Crippen LogP) is 4.45. The maximum Gasteiger partial charge on any atom is 0.339 e. The van der Waals surface area contributed by atoms with E-state index in [-0.39, 0.29) is 35.1 Å². The summed E-state index contributed by atoms with van der Waals surface area (Å²) in [4.78, 5) is 12.6. The van der Waals surface area contributed by atoms with Gasteiger partial charge in [-0.15, -0.1) is 0 Å². The Labute approximate surface area is 195 Å². The Hall–Kier alpha value is -3.16. The molecule has 0 spiro atoms. The van der Waals surface area contributed by atoms with Gasteiger partial charge in [0.25, 0.3) is 0 Å². The molecule has 6 nitrogen and oxygen atoms in total. The van der Waals surface area contributed by atoms with Crippen LogP contribution in [0.25, 0.3) is 0 Å². The molecule has 0 amide bonds. The Morgan fingerprint density at radius 1 is 0.909 bits per heavy atom. The average molecular weight is 468 g/mol. The van der Waals surface area contributed by atoms with Gasteiger partial charge >= 0.3 is 16.1 Å². The van der Waals surface area contributed by atoms with Crippen molar-refractivity contribution in [2.24, 2.45) is 5.73 Å². The molecule has 3 aromatic carbocycles. The highest BCUT2D eigenvalue weighted by atomic mass is 32.2. The maximum atomic E-state index is 12.6. The highest BCUT2D eigenvalue weighted by Crippen LogP contribution is 2.29. The van der Waals surface area contributed by atoms with Crippen molar-refractivity contribution in [3.05, 3.63) is 96.1 Å². The van der Waals surface area contributed by atoms with Crippen molar-refractivity contribution in [1.82, 2.24) is 0 Å². The second-order valence-electron chi connectivity index (χ2n) is 8.13. The van der Waals surface area contributed by atoms with E-state index in [4.69, 9.17) is 14.7 Å². The molecule has 3 rings (SSSR count). The number of hydrogen-bond donors (Lipinski definition) is 1. The molecule has 33 heavy (non-hydrogen) atoms. The van der Waals surface area contributed by atoms with Gasteiger partial charge in [0.05, 0.1) is 12.5 Å². The topological polar surface area (TPSA) is 95.7 Å². The van der Waals surface area contributed by atoms with Gasteiger partial charge in [-0.25, -0.2) is 0 Å². The van der Waals surface area contributed by atoms with E-state index in [2.05, 4.69) is 0 Å². The largest absolute Gasteiger partial charge is 0.463 e. The lowest BCUT2D eigenvalue weighted by molar-refractivity contribution is -0.148. The van der Waals surface area contributed by atoms with Crippen LogP contribution in [0.15, 0.2) is 89.8 Å². The second-order valence-corrected chi connectivity index (χ2v) is 9.67. The number of rotatable bonds is 10. The van der Waals surface area contributed by atoms with Gasteiger partial charge in [-0.2, -0.15) is 8.42 Å². The zero-order valence-corrected chi connectivity index (χ0v) is 19.6. The molecular formula is C26H29NO5S. The van der Waals surface area contributed by atoms with Gasteiger partial charge in [0.15, 0.2) is 0 Å². The highest BCUT2D eigenvalue weighted by Gasteiger charge is 2.26. The van der Waals surface area contributed by atoms with Crippen LogP contribution in [-0.4, -0.2) is 26.5 Å². The predicted molar refractivity (Wildman–Crippen MR) is 127 cm³/mol. The monoisotopic (exact) mass is 467 g/mol. The standard InChI is InChI=1S/C26H29NO5S/c1-19(2)31-26(28)18-24(25(27)16-20-10-5-3-6-11-20)21-12-9-13-22(17-21)32-33(29,30)23-14-7-4-8-15-23/h3-15,17,19,24-25H,16,18,27H2,1-2H3. The minimum Gasteiger partial charge on any atom is -0.463 e. The molecule has 2 N–H and O–H groups in total. The van der Waals surface area contributed by atoms with Crippen molar-refractivity contribution < 1.29 is 22.1 Å². The van der Waals surface area contributed by atoms with E-state index in [0.29, 0.717) is 12.0 Å². The van der Waals surface area contributed by atoms with Crippen LogP contribution in [0.1, 0.15) is 37.3 Å². The molecule has 0 heterocycles. The van der Waals surface area contributed by atoms with Gasteiger partial charge < -0.3 is 14.7 Å². The number of esters is 1. The molecule has 0 aliphatic carbocycles. The summed E-state index contributed by atoms with van der Waals surface area (Å²) in [6.45, 7) is 3.58. The van der Waals surface area contributed by atoms with Crippen molar-refractivity contribution in [3.8, 4) is 5.75 Å². The minimum absolute atomic E-state index is 0.0632. The Kier molecular flexibility index (Phi) is 8.25. The zero-order valence-electron chi connectivity index (χ0n) is 18.8. The Bertz CT molecular complexity index is 1150. The van der Waals surface area contributed by atoms with Crippen molar-refractivity contribution in [3.63, 3.8) is 0 Å². The average Bonchev–Trinajstić information content (AvgIpc) is 2.78. The fraction of sp³-hybridized carbons (Fsp3) is 0.269. The van der Waals surface area contributed by atoms with E-state index < -0.39 is 16.2 Å². The van der Waals surface area contributed by atoms with Gasteiger partial charge in [-0.05, 0) is 55.7 Å². The van der Waals surface area contributed by atoms with Crippen LogP contribution < -0.4 is 9.92 Å². The molecule has 3 aromatic rings. The number of carbonyl (C=O) groups is 1. The molecule has 2 unspecified atom stereocenters. The number of hydrogen-bond acceptors (Lipinski definition) is 6. The third-order valence-electron chi connectivity index (χ3n) is 5.11. The summed E-state index contributed by atoms with van der Waals surface area (Å²) in [6, 6.07) is 24.0.